The number of piperidine rings is 1. The minimum atomic E-state index is -0.427. The molecule has 1 aliphatic rings. The van der Waals surface area contributed by atoms with Crippen molar-refractivity contribution in [3.05, 3.63) is 11.7 Å². The van der Waals surface area contributed by atoms with Gasteiger partial charge in [0.15, 0.2) is 5.82 Å². The summed E-state index contributed by atoms with van der Waals surface area (Å²) in [5.41, 5.74) is 0. The molecule has 0 aromatic carbocycles. The zero-order valence-electron chi connectivity index (χ0n) is 13.9. The molecule has 2 amide bonds. The Bertz CT molecular complexity index is 541. The molecule has 1 aromatic heterocycles. The minimum Gasteiger partial charge on any atom is -0.345 e. The van der Waals surface area contributed by atoms with Crippen LogP contribution in [0.3, 0.4) is 0 Å². The van der Waals surface area contributed by atoms with Gasteiger partial charge >= 0.3 is 0 Å². The van der Waals surface area contributed by atoms with Crippen LogP contribution >= 0.6 is 11.8 Å². The fourth-order valence-electron chi connectivity index (χ4n) is 2.80. The Kier molecular flexibility index (Phi) is 6.44. The van der Waals surface area contributed by atoms with Crippen molar-refractivity contribution in [1.29, 1.82) is 0 Å². The average Bonchev–Trinajstić information content (AvgIpc) is 2.97. The molecule has 23 heavy (non-hydrogen) atoms. The topological polar surface area (TPSA) is 88.3 Å². The van der Waals surface area contributed by atoms with E-state index in [0.29, 0.717) is 25.4 Å². The first kappa shape index (κ1) is 17.8. The lowest BCUT2D eigenvalue weighted by molar-refractivity contribution is -0.137. The number of amides is 2. The molecule has 7 nitrogen and oxygen atoms in total. The summed E-state index contributed by atoms with van der Waals surface area (Å²) in [5.74, 6) is 2.23. The molecule has 2 heterocycles. The second kappa shape index (κ2) is 8.33. The maximum absolute atomic E-state index is 12.6. The number of carbonyl (C=O) groups is 2. The van der Waals surface area contributed by atoms with E-state index in [-0.39, 0.29) is 17.7 Å². The van der Waals surface area contributed by atoms with Crippen LogP contribution in [0.4, 0.5) is 0 Å². The molecule has 0 aliphatic carbocycles. The van der Waals surface area contributed by atoms with Crippen LogP contribution in [0.2, 0.25) is 0 Å². The Balaban J connectivity index is 1.91. The number of nitrogens with one attached hydrogen (secondary N) is 1. The largest absolute Gasteiger partial charge is 0.345 e. The predicted octanol–water partition coefficient (Wildman–Crippen LogP) is 1.34. The highest BCUT2D eigenvalue weighted by molar-refractivity contribution is 7.98. The maximum atomic E-state index is 12.6. The number of hydrogen-bond acceptors (Lipinski definition) is 6. The van der Waals surface area contributed by atoms with Crippen LogP contribution in [0, 0.1) is 6.92 Å². The Morgan fingerprint density at radius 2 is 2.13 bits per heavy atom. The Hall–Kier alpha value is -1.57. The number of likely N-dealkylation sites (tertiary alicyclic amines) is 1. The molecule has 2 rings (SSSR count). The molecule has 1 saturated heterocycles. The third-order valence-electron chi connectivity index (χ3n) is 4.00. The van der Waals surface area contributed by atoms with Gasteiger partial charge in [0.05, 0.1) is 0 Å². The lowest BCUT2D eigenvalue weighted by Gasteiger charge is -2.33. The van der Waals surface area contributed by atoms with E-state index in [0.717, 1.165) is 24.4 Å². The highest BCUT2D eigenvalue weighted by atomic mass is 32.2. The quantitative estimate of drug-likeness (QED) is 0.841. The lowest BCUT2D eigenvalue weighted by Crippen LogP contribution is -2.50. The lowest BCUT2D eigenvalue weighted by atomic mass is 9.95. The van der Waals surface area contributed by atoms with Crippen LogP contribution in [0.1, 0.15) is 43.8 Å². The van der Waals surface area contributed by atoms with E-state index < -0.39 is 6.04 Å². The Morgan fingerprint density at radius 3 is 2.65 bits per heavy atom. The van der Waals surface area contributed by atoms with Crippen molar-refractivity contribution in [3.63, 3.8) is 0 Å². The first-order chi connectivity index (χ1) is 11.0. The van der Waals surface area contributed by atoms with Crippen molar-refractivity contribution >= 4 is 23.6 Å². The smallest absolute Gasteiger partial charge is 0.245 e. The summed E-state index contributed by atoms with van der Waals surface area (Å²) in [6, 6.07) is -0.427. The number of rotatable bonds is 6. The molecule has 1 aromatic rings. The summed E-state index contributed by atoms with van der Waals surface area (Å²) in [6.07, 6.45) is 4.29. The van der Waals surface area contributed by atoms with E-state index >= 15 is 0 Å². The number of carbonyl (C=O) groups excluding carboxylic acids is 2. The van der Waals surface area contributed by atoms with E-state index in [2.05, 4.69) is 15.5 Å². The summed E-state index contributed by atoms with van der Waals surface area (Å²) >= 11 is 1.67. The molecular formula is C15H24N4O3S. The van der Waals surface area contributed by atoms with Crippen molar-refractivity contribution in [1.82, 2.24) is 20.4 Å². The standard InChI is InChI=1S/C15H24N4O3S/c1-10(20)16-13(6-9-23-3)15(21)19-7-4-12(5-8-19)14-17-11(2)22-18-14/h12-13H,4-9H2,1-3H3,(H,16,20)/t13-/m0/s1. The van der Waals surface area contributed by atoms with Gasteiger partial charge in [-0.25, -0.2) is 0 Å². The Morgan fingerprint density at radius 1 is 1.43 bits per heavy atom. The zero-order chi connectivity index (χ0) is 16.8. The second-order valence-corrected chi connectivity index (χ2v) is 6.79. The summed E-state index contributed by atoms with van der Waals surface area (Å²) in [7, 11) is 0. The van der Waals surface area contributed by atoms with Gasteiger partial charge in [-0.05, 0) is 31.3 Å². The monoisotopic (exact) mass is 340 g/mol. The van der Waals surface area contributed by atoms with Gasteiger partial charge < -0.3 is 14.7 Å². The van der Waals surface area contributed by atoms with E-state index in [1.54, 1.807) is 18.7 Å². The van der Waals surface area contributed by atoms with Gasteiger partial charge in [0, 0.05) is 32.9 Å². The fraction of sp³-hybridized carbons (Fsp3) is 0.733. The summed E-state index contributed by atoms with van der Waals surface area (Å²) < 4.78 is 5.03. The van der Waals surface area contributed by atoms with Gasteiger partial charge in [0.25, 0.3) is 0 Å². The van der Waals surface area contributed by atoms with Gasteiger partial charge in [-0.2, -0.15) is 16.7 Å². The number of aromatic nitrogens is 2. The van der Waals surface area contributed by atoms with Crippen LogP contribution in [-0.2, 0) is 9.59 Å². The van der Waals surface area contributed by atoms with Crippen LogP contribution in [-0.4, -0.2) is 58.0 Å². The molecule has 0 radical (unpaired) electrons. The summed E-state index contributed by atoms with van der Waals surface area (Å²) in [4.78, 5) is 30.1. The third-order valence-corrected chi connectivity index (χ3v) is 4.65. The van der Waals surface area contributed by atoms with Crippen molar-refractivity contribution in [2.24, 2.45) is 0 Å². The van der Waals surface area contributed by atoms with Gasteiger partial charge in [0.1, 0.15) is 6.04 Å². The molecular weight excluding hydrogens is 316 g/mol. The third kappa shape index (κ3) is 4.95. The fourth-order valence-corrected chi connectivity index (χ4v) is 3.27. The van der Waals surface area contributed by atoms with Gasteiger partial charge in [-0.15, -0.1) is 0 Å². The maximum Gasteiger partial charge on any atom is 0.245 e. The zero-order valence-corrected chi connectivity index (χ0v) is 14.7. The molecule has 1 fully saturated rings. The Labute approximate surface area is 140 Å². The van der Waals surface area contributed by atoms with E-state index in [1.807, 2.05) is 11.2 Å². The highest BCUT2D eigenvalue weighted by Gasteiger charge is 2.30. The molecule has 8 heteroatoms. The molecule has 128 valence electrons. The van der Waals surface area contributed by atoms with Crippen LogP contribution in [0.25, 0.3) is 0 Å². The molecule has 1 atom stereocenters. The molecule has 1 N–H and O–H groups in total. The first-order valence-electron chi connectivity index (χ1n) is 7.86. The van der Waals surface area contributed by atoms with Crippen molar-refractivity contribution in [2.45, 2.75) is 45.1 Å². The number of hydrogen-bond donors (Lipinski definition) is 1. The predicted molar refractivity (Wildman–Crippen MR) is 88.2 cm³/mol. The van der Waals surface area contributed by atoms with Crippen molar-refractivity contribution in [2.75, 3.05) is 25.1 Å². The van der Waals surface area contributed by atoms with Gasteiger partial charge in [0.2, 0.25) is 17.7 Å². The molecule has 0 bridgehead atoms. The number of thioether (sulfide) groups is 1. The minimum absolute atomic E-state index is 0.0111. The average molecular weight is 340 g/mol. The number of nitrogens with zero attached hydrogens (tertiary/aromatic N) is 3. The first-order valence-corrected chi connectivity index (χ1v) is 9.25. The van der Waals surface area contributed by atoms with E-state index in [1.165, 1.54) is 6.92 Å². The van der Waals surface area contributed by atoms with Crippen molar-refractivity contribution in [3.8, 4) is 0 Å². The molecule has 0 saturated carbocycles. The van der Waals surface area contributed by atoms with E-state index in [9.17, 15) is 9.59 Å². The molecule has 0 unspecified atom stereocenters. The van der Waals surface area contributed by atoms with E-state index in [4.69, 9.17) is 4.52 Å². The SMILES string of the molecule is CSCC[C@H](NC(C)=O)C(=O)N1CCC(c2noc(C)n2)CC1. The van der Waals surface area contributed by atoms with Crippen molar-refractivity contribution < 1.29 is 14.1 Å². The molecule has 0 spiro atoms. The highest BCUT2D eigenvalue weighted by Crippen LogP contribution is 2.26. The van der Waals surface area contributed by atoms with Gasteiger partial charge in [-0.1, -0.05) is 5.16 Å². The van der Waals surface area contributed by atoms with Gasteiger partial charge in [-0.3, -0.25) is 9.59 Å². The summed E-state index contributed by atoms with van der Waals surface area (Å²) in [5, 5.41) is 6.75. The molecule has 1 aliphatic heterocycles. The van der Waals surface area contributed by atoms with Crippen LogP contribution in [0.5, 0.6) is 0 Å². The number of aryl methyl sites for hydroxylation is 1. The normalized spacial score (nSPS) is 17.1. The second-order valence-electron chi connectivity index (χ2n) is 5.81. The summed E-state index contributed by atoms with van der Waals surface area (Å²) in [6.45, 7) is 4.54. The van der Waals surface area contributed by atoms with Crippen LogP contribution in [0.15, 0.2) is 4.52 Å². The van der Waals surface area contributed by atoms with Crippen LogP contribution < -0.4 is 5.32 Å².